The lowest BCUT2D eigenvalue weighted by Gasteiger charge is -2.21. The van der Waals surface area contributed by atoms with Gasteiger partial charge in [0.2, 0.25) is 5.78 Å². The van der Waals surface area contributed by atoms with Gasteiger partial charge in [0.1, 0.15) is 12.4 Å². The molecule has 0 unspecified atom stereocenters. The first-order valence-corrected chi connectivity index (χ1v) is 7.07. The zero-order chi connectivity index (χ0) is 15.0. The molecule has 1 aliphatic heterocycles. The average molecular weight is 354 g/mol. The monoisotopic (exact) mass is 353 g/mol. The number of nitrogens with one attached hydrogen (secondary N) is 1. The van der Waals surface area contributed by atoms with Gasteiger partial charge in [0.15, 0.2) is 11.6 Å². The molecule has 2 aromatic carbocycles. The molecule has 1 heterocycles. The van der Waals surface area contributed by atoms with Crippen LogP contribution < -0.4 is 10.1 Å². The van der Waals surface area contributed by atoms with Gasteiger partial charge in [-0.15, -0.1) is 0 Å². The number of hydrogen-bond donors (Lipinski definition) is 1. The number of benzene rings is 2. The first-order valence-electron chi connectivity index (χ1n) is 6.27. The van der Waals surface area contributed by atoms with Crippen LogP contribution in [0.3, 0.4) is 0 Å². The van der Waals surface area contributed by atoms with Gasteiger partial charge in [0.25, 0.3) is 0 Å². The van der Waals surface area contributed by atoms with E-state index >= 15 is 0 Å². The molecular formula is C15H10BrF2NO2. The highest BCUT2D eigenvalue weighted by Crippen LogP contribution is 2.34. The minimum Gasteiger partial charge on any atom is -0.489 e. The molecule has 3 nitrogen and oxygen atoms in total. The van der Waals surface area contributed by atoms with Crippen molar-refractivity contribution >= 4 is 27.4 Å². The Hall–Kier alpha value is -1.95. The van der Waals surface area contributed by atoms with E-state index in [1.54, 1.807) is 12.1 Å². The Balaban J connectivity index is 2.14. The molecule has 0 saturated carbocycles. The van der Waals surface area contributed by atoms with Crippen LogP contribution in [-0.4, -0.2) is 18.9 Å². The molecule has 0 atom stereocenters. The smallest absolute Gasteiger partial charge is 0.202 e. The minimum absolute atomic E-state index is 0.0380. The van der Waals surface area contributed by atoms with Crippen molar-refractivity contribution in [2.24, 2.45) is 0 Å². The molecule has 0 aromatic heterocycles. The maximum Gasteiger partial charge on any atom is 0.202 e. The Morgan fingerprint density at radius 1 is 1.24 bits per heavy atom. The summed E-state index contributed by atoms with van der Waals surface area (Å²) in [6.45, 7) is 1.00. The van der Waals surface area contributed by atoms with Crippen molar-refractivity contribution in [1.29, 1.82) is 0 Å². The molecule has 0 saturated heterocycles. The normalized spacial score (nSPS) is 13.1. The van der Waals surface area contributed by atoms with Crippen LogP contribution in [0.2, 0.25) is 0 Å². The molecule has 3 rings (SSSR count). The maximum absolute atomic E-state index is 14.1. The van der Waals surface area contributed by atoms with Gasteiger partial charge in [-0.1, -0.05) is 6.07 Å². The van der Waals surface area contributed by atoms with Crippen molar-refractivity contribution in [3.63, 3.8) is 0 Å². The summed E-state index contributed by atoms with van der Waals surface area (Å²) in [6, 6.07) is 7.16. The highest BCUT2D eigenvalue weighted by Gasteiger charge is 2.26. The van der Waals surface area contributed by atoms with Crippen LogP contribution in [0.15, 0.2) is 34.8 Å². The Morgan fingerprint density at radius 2 is 2.05 bits per heavy atom. The highest BCUT2D eigenvalue weighted by atomic mass is 79.9. The van der Waals surface area contributed by atoms with Gasteiger partial charge in [-0.3, -0.25) is 4.79 Å². The zero-order valence-corrected chi connectivity index (χ0v) is 12.3. The van der Waals surface area contributed by atoms with Gasteiger partial charge < -0.3 is 10.1 Å². The van der Waals surface area contributed by atoms with Gasteiger partial charge in [-0.05, 0) is 40.2 Å². The predicted molar refractivity (Wildman–Crippen MR) is 77.9 cm³/mol. The SMILES string of the molecule is O=C(c1cccc2c1OCCN2)c1c(F)ccc(Br)c1F. The molecule has 2 aromatic rings. The Morgan fingerprint density at radius 3 is 2.86 bits per heavy atom. The molecule has 108 valence electrons. The lowest BCUT2D eigenvalue weighted by molar-refractivity contribution is 0.102. The Bertz CT molecular complexity index is 734. The summed E-state index contributed by atoms with van der Waals surface area (Å²) < 4.78 is 33.4. The van der Waals surface area contributed by atoms with Gasteiger partial charge >= 0.3 is 0 Å². The van der Waals surface area contributed by atoms with Gasteiger partial charge in [-0.2, -0.15) is 0 Å². The zero-order valence-electron chi connectivity index (χ0n) is 10.8. The summed E-state index contributed by atoms with van der Waals surface area (Å²) in [4.78, 5) is 12.5. The molecule has 0 fully saturated rings. The standard InChI is InChI=1S/C15H10BrF2NO2/c16-9-4-5-10(17)12(13(9)18)14(20)8-2-1-3-11-15(8)21-7-6-19-11/h1-5,19H,6-7H2. The molecule has 0 amide bonds. The van der Waals surface area contributed by atoms with E-state index in [1.807, 2.05) is 0 Å². The number of ether oxygens (including phenoxy) is 1. The van der Waals surface area contributed by atoms with E-state index in [2.05, 4.69) is 21.2 Å². The van der Waals surface area contributed by atoms with E-state index in [9.17, 15) is 13.6 Å². The number of hydrogen-bond acceptors (Lipinski definition) is 3. The second kappa shape index (κ2) is 5.44. The van der Waals surface area contributed by atoms with Crippen LogP contribution in [0.4, 0.5) is 14.5 Å². The summed E-state index contributed by atoms with van der Waals surface area (Å²) in [5, 5.41) is 3.08. The molecular weight excluding hydrogens is 344 g/mol. The number of anilines is 1. The largest absolute Gasteiger partial charge is 0.489 e. The van der Waals surface area contributed by atoms with E-state index in [1.165, 1.54) is 12.1 Å². The molecule has 1 aliphatic rings. The van der Waals surface area contributed by atoms with Gasteiger partial charge in [-0.25, -0.2) is 8.78 Å². The first kappa shape index (κ1) is 14.0. The van der Waals surface area contributed by atoms with Gasteiger partial charge in [0.05, 0.1) is 21.3 Å². The molecule has 0 bridgehead atoms. The van der Waals surface area contributed by atoms with Crippen molar-refractivity contribution in [3.05, 3.63) is 57.6 Å². The summed E-state index contributed by atoms with van der Waals surface area (Å²) in [6.07, 6.45) is 0. The lowest BCUT2D eigenvalue weighted by atomic mass is 10.00. The summed E-state index contributed by atoms with van der Waals surface area (Å²) in [5.74, 6) is -2.23. The second-order valence-electron chi connectivity index (χ2n) is 4.50. The van der Waals surface area contributed by atoms with Crippen molar-refractivity contribution in [2.75, 3.05) is 18.5 Å². The third kappa shape index (κ3) is 2.40. The second-order valence-corrected chi connectivity index (χ2v) is 5.36. The fourth-order valence-corrected chi connectivity index (χ4v) is 2.55. The molecule has 0 aliphatic carbocycles. The van der Waals surface area contributed by atoms with E-state index in [0.717, 1.165) is 6.07 Å². The van der Waals surface area contributed by atoms with Crippen LogP contribution in [0.5, 0.6) is 5.75 Å². The number of para-hydroxylation sites is 1. The number of fused-ring (bicyclic) bond motifs is 1. The van der Waals surface area contributed by atoms with Crippen molar-refractivity contribution in [3.8, 4) is 5.75 Å². The van der Waals surface area contributed by atoms with Crippen molar-refractivity contribution in [2.45, 2.75) is 0 Å². The number of carbonyl (C=O) groups is 1. The molecule has 6 heteroatoms. The first-order chi connectivity index (χ1) is 10.1. The number of halogens is 3. The highest BCUT2D eigenvalue weighted by molar-refractivity contribution is 9.10. The van der Waals surface area contributed by atoms with Crippen LogP contribution in [0, 0.1) is 11.6 Å². The van der Waals surface area contributed by atoms with E-state index < -0.39 is 23.0 Å². The predicted octanol–water partition coefficient (Wildman–Crippen LogP) is 3.76. The van der Waals surface area contributed by atoms with Crippen LogP contribution >= 0.6 is 15.9 Å². The van der Waals surface area contributed by atoms with Crippen LogP contribution in [0.25, 0.3) is 0 Å². The van der Waals surface area contributed by atoms with Gasteiger partial charge in [0, 0.05) is 6.54 Å². The fourth-order valence-electron chi connectivity index (χ4n) is 2.22. The van der Waals surface area contributed by atoms with Crippen molar-refractivity contribution < 1.29 is 18.3 Å². The van der Waals surface area contributed by atoms with Crippen molar-refractivity contribution in [1.82, 2.24) is 0 Å². The molecule has 21 heavy (non-hydrogen) atoms. The Kier molecular flexibility index (Phi) is 3.63. The third-order valence-electron chi connectivity index (χ3n) is 3.19. The fraction of sp³-hybridized carbons (Fsp3) is 0.133. The minimum atomic E-state index is -0.915. The molecule has 0 spiro atoms. The van der Waals surface area contributed by atoms with E-state index in [0.29, 0.717) is 24.6 Å². The molecule has 0 radical (unpaired) electrons. The number of rotatable bonds is 2. The van der Waals surface area contributed by atoms with Crippen LogP contribution in [0.1, 0.15) is 15.9 Å². The molecule has 1 N–H and O–H groups in total. The topological polar surface area (TPSA) is 38.3 Å². The summed E-state index contributed by atoms with van der Waals surface area (Å²) in [5.41, 5.74) is 0.186. The lowest BCUT2D eigenvalue weighted by Crippen LogP contribution is -2.20. The average Bonchev–Trinajstić information content (AvgIpc) is 2.50. The van der Waals surface area contributed by atoms with E-state index in [4.69, 9.17) is 4.74 Å². The van der Waals surface area contributed by atoms with E-state index in [-0.39, 0.29) is 10.0 Å². The Labute approximate surface area is 128 Å². The summed E-state index contributed by atoms with van der Waals surface area (Å²) >= 11 is 2.96. The third-order valence-corrected chi connectivity index (χ3v) is 3.81. The van der Waals surface area contributed by atoms with Crippen LogP contribution in [-0.2, 0) is 0 Å². The number of carbonyl (C=O) groups excluding carboxylic acids is 1. The quantitative estimate of drug-likeness (QED) is 0.659. The maximum atomic E-state index is 14.1. The number of ketones is 1. The summed E-state index contributed by atoms with van der Waals surface area (Å²) in [7, 11) is 0.